The first kappa shape index (κ1) is 15.5. The fourth-order valence-corrected chi connectivity index (χ4v) is 2.82. The Kier molecular flexibility index (Phi) is 4.86. The van der Waals surface area contributed by atoms with E-state index in [1.54, 1.807) is 0 Å². The molecule has 1 amide bonds. The standard InChI is InChI=1S/C18H22N4O/c1-14-11-19-18(20-12-14)21-13-15-7-9-22(10-8-15)17(23)16-5-3-2-4-6-16/h2-6,11-12,15H,7-10,13H2,1H3,(H,19,20,21). The molecule has 120 valence electrons. The second-order valence-electron chi connectivity index (χ2n) is 6.07. The second kappa shape index (κ2) is 7.22. The quantitative estimate of drug-likeness (QED) is 0.943. The number of anilines is 1. The van der Waals surface area contributed by atoms with Gasteiger partial charge >= 0.3 is 0 Å². The molecule has 1 aliphatic rings. The summed E-state index contributed by atoms with van der Waals surface area (Å²) in [6.07, 6.45) is 5.65. The van der Waals surface area contributed by atoms with Crippen LogP contribution in [-0.4, -0.2) is 40.4 Å². The van der Waals surface area contributed by atoms with Gasteiger partial charge in [-0.05, 0) is 43.4 Å². The van der Waals surface area contributed by atoms with Gasteiger partial charge in [0.25, 0.3) is 5.91 Å². The maximum Gasteiger partial charge on any atom is 0.253 e. The van der Waals surface area contributed by atoms with E-state index in [9.17, 15) is 4.79 Å². The highest BCUT2D eigenvalue weighted by Gasteiger charge is 2.23. The third-order valence-corrected chi connectivity index (χ3v) is 4.25. The normalized spacial score (nSPS) is 15.4. The lowest BCUT2D eigenvalue weighted by Crippen LogP contribution is -2.39. The van der Waals surface area contributed by atoms with Crippen LogP contribution in [0.25, 0.3) is 0 Å². The third-order valence-electron chi connectivity index (χ3n) is 4.25. The minimum atomic E-state index is 0.138. The van der Waals surface area contributed by atoms with Crippen LogP contribution in [0.1, 0.15) is 28.8 Å². The van der Waals surface area contributed by atoms with Crippen LogP contribution in [0.2, 0.25) is 0 Å². The molecule has 1 aromatic heterocycles. The fourth-order valence-electron chi connectivity index (χ4n) is 2.82. The Morgan fingerprint density at radius 1 is 1.17 bits per heavy atom. The molecule has 0 unspecified atom stereocenters. The molecule has 0 aliphatic carbocycles. The maximum absolute atomic E-state index is 12.4. The van der Waals surface area contributed by atoms with Gasteiger partial charge in [0.2, 0.25) is 5.95 Å². The smallest absolute Gasteiger partial charge is 0.253 e. The Hall–Kier alpha value is -2.43. The van der Waals surface area contributed by atoms with Crippen molar-refractivity contribution in [3.05, 3.63) is 53.9 Å². The van der Waals surface area contributed by atoms with Crippen LogP contribution >= 0.6 is 0 Å². The summed E-state index contributed by atoms with van der Waals surface area (Å²) in [5.74, 6) is 1.37. The highest BCUT2D eigenvalue weighted by Crippen LogP contribution is 2.19. The SMILES string of the molecule is Cc1cnc(NCC2CCN(C(=O)c3ccccc3)CC2)nc1. The van der Waals surface area contributed by atoms with Crippen molar-refractivity contribution in [2.24, 2.45) is 5.92 Å². The number of amides is 1. The minimum Gasteiger partial charge on any atom is -0.354 e. The van der Waals surface area contributed by atoms with Crippen LogP contribution in [0, 0.1) is 12.8 Å². The number of piperidine rings is 1. The van der Waals surface area contributed by atoms with E-state index in [0.717, 1.165) is 43.6 Å². The molecule has 2 aromatic rings. The van der Waals surface area contributed by atoms with Gasteiger partial charge in [0, 0.05) is 37.6 Å². The molecular weight excluding hydrogens is 288 g/mol. The van der Waals surface area contributed by atoms with Crippen molar-refractivity contribution in [3.63, 3.8) is 0 Å². The molecule has 1 aromatic carbocycles. The first-order chi connectivity index (χ1) is 11.2. The second-order valence-corrected chi connectivity index (χ2v) is 6.07. The Bertz CT molecular complexity index is 634. The van der Waals surface area contributed by atoms with E-state index in [4.69, 9.17) is 0 Å². The molecule has 0 radical (unpaired) electrons. The van der Waals surface area contributed by atoms with E-state index in [-0.39, 0.29) is 5.91 Å². The highest BCUT2D eigenvalue weighted by atomic mass is 16.2. The molecule has 1 saturated heterocycles. The number of nitrogens with zero attached hydrogens (tertiary/aromatic N) is 3. The van der Waals surface area contributed by atoms with Crippen molar-refractivity contribution in [1.29, 1.82) is 0 Å². The van der Waals surface area contributed by atoms with Crippen LogP contribution < -0.4 is 5.32 Å². The molecule has 1 N–H and O–H groups in total. The number of benzene rings is 1. The van der Waals surface area contributed by atoms with Crippen molar-refractivity contribution < 1.29 is 4.79 Å². The van der Waals surface area contributed by atoms with Gasteiger partial charge in [-0.3, -0.25) is 4.79 Å². The summed E-state index contributed by atoms with van der Waals surface area (Å²) in [5, 5.41) is 3.29. The summed E-state index contributed by atoms with van der Waals surface area (Å²) in [5.41, 5.74) is 1.83. The molecule has 3 rings (SSSR count). The van der Waals surface area contributed by atoms with Crippen LogP contribution in [0.3, 0.4) is 0 Å². The first-order valence-electron chi connectivity index (χ1n) is 8.09. The van der Waals surface area contributed by atoms with Crippen molar-refractivity contribution >= 4 is 11.9 Å². The van der Waals surface area contributed by atoms with Crippen LogP contribution in [0.4, 0.5) is 5.95 Å². The largest absolute Gasteiger partial charge is 0.354 e. The van der Waals surface area contributed by atoms with Gasteiger partial charge in [-0.15, -0.1) is 0 Å². The maximum atomic E-state index is 12.4. The average molecular weight is 310 g/mol. The van der Waals surface area contributed by atoms with Gasteiger partial charge in [-0.2, -0.15) is 0 Å². The van der Waals surface area contributed by atoms with Crippen molar-refractivity contribution in [3.8, 4) is 0 Å². The molecule has 1 fully saturated rings. The van der Waals surface area contributed by atoms with Crippen LogP contribution in [-0.2, 0) is 0 Å². The molecule has 0 spiro atoms. The number of aromatic nitrogens is 2. The van der Waals surface area contributed by atoms with Gasteiger partial charge in [0.15, 0.2) is 0 Å². The summed E-state index contributed by atoms with van der Waals surface area (Å²) in [7, 11) is 0. The minimum absolute atomic E-state index is 0.138. The van der Waals surface area contributed by atoms with Crippen LogP contribution in [0.15, 0.2) is 42.7 Å². The monoisotopic (exact) mass is 310 g/mol. The Morgan fingerprint density at radius 2 is 1.83 bits per heavy atom. The van der Waals surface area contributed by atoms with Gasteiger partial charge in [0.05, 0.1) is 0 Å². The lowest BCUT2D eigenvalue weighted by atomic mass is 9.96. The van der Waals surface area contributed by atoms with Gasteiger partial charge in [-0.25, -0.2) is 9.97 Å². The molecule has 0 bridgehead atoms. The number of nitrogens with one attached hydrogen (secondary N) is 1. The lowest BCUT2D eigenvalue weighted by molar-refractivity contribution is 0.0695. The molecule has 2 heterocycles. The van der Waals surface area contributed by atoms with Crippen molar-refractivity contribution in [1.82, 2.24) is 14.9 Å². The number of likely N-dealkylation sites (tertiary alicyclic amines) is 1. The van der Waals surface area contributed by atoms with Crippen LogP contribution in [0.5, 0.6) is 0 Å². The molecule has 0 atom stereocenters. The summed E-state index contributed by atoms with van der Waals surface area (Å²) in [6.45, 7) is 4.46. The van der Waals surface area contributed by atoms with E-state index in [0.29, 0.717) is 11.9 Å². The summed E-state index contributed by atoms with van der Waals surface area (Å²) >= 11 is 0. The molecule has 5 heteroatoms. The lowest BCUT2D eigenvalue weighted by Gasteiger charge is -2.32. The number of hydrogen-bond acceptors (Lipinski definition) is 4. The molecule has 23 heavy (non-hydrogen) atoms. The number of carbonyl (C=O) groups is 1. The van der Waals surface area contributed by atoms with Crippen molar-refractivity contribution in [2.75, 3.05) is 25.0 Å². The number of hydrogen-bond donors (Lipinski definition) is 1. The number of rotatable bonds is 4. The van der Waals surface area contributed by atoms with E-state index >= 15 is 0 Å². The third kappa shape index (κ3) is 4.06. The van der Waals surface area contributed by atoms with Gasteiger partial charge in [0.1, 0.15) is 0 Å². The van der Waals surface area contributed by atoms with E-state index in [2.05, 4.69) is 15.3 Å². The first-order valence-corrected chi connectivity index (χ1v) is 8.09. The predicted molar refractivity (Wildman–Crippen MR) is 90.3 cm³/mol. The zero-order valence-corrected chi connectivity index (χ0v) is 13.4. The summed E-state index contributed by atoms with van der Waals surface area (Å²) in [6, 6.07) is 9.51. The van der Waals surface area contributed by atoms with Gasteiger partial charge in [-0.1, -0.05) is 18.2 Å². The molecule has 1 aliphatic heterocycles. The Balaban J connectivity index is 1.47. The molecule has 5 nitrogen and oxygen atoms in total. The summed E-state index contributed by atoms with van der Waals surface area (Å²) < 4.78 is 0. The highest BCUT2D eigenvalue weighted by molar-refractivity contribution is 5.94. The number of carbonyl (C=O) groups excluding carboxylic acids is 1. The molecule has 0 saturated carbocycles. The predicted octanol–water partition coefficient (Wildman–Crippen LogP) is 2.75. The zero-order chi connectivity index (χ0) is 16.1. The van der Waals surface area contributed by atoms with Gasteiger partial charge < -0.3 is 10.2 Å². The summed E-state index contributed by atoms with van der Waals surface area (Å²) in [4.78, 5) is 22.9. The van der Waals surface area contributed by atoms with Crippen molar-refractivity contribution in [2.45, 2.75) is 19.8 Å². The average Bonchev–Trinajstić information content (AvgIpc) is 2.62. The topological polar surface area (TPSA) is 58.1 Å². The zero-order valence-electron chi connectivity index (χ0n) is 13.4. The molecular formula is C18H22N4O. The Morgan fingerprint density at radius 3 is 2.48 bits per heavy atom. The number of aryl methyl sites for hydroxylation is 1. The van der Waals surface area contributed by atoms with E-state index < -0.39 is 0 Å². The van der Waals surface area contributed by atoms with E-state index in [1.165, 1.54) is 0 Å². The van der Waals surface area contributed by atoms with E-state index in [1.807, 2.05) is 54.5 Å². The fraction of sp³-hybridized carbons (Fsp3) is 0.389. The Labute approximate surface area is 136 Å².